The quantitative estimate of drug-likeness (QED) is 0.0281. The second kappa shape index (κ2) is 36.0. The van der Waals surface area contributed by atoms with Gasteiger partial charge in [-0.15, -0.1) is 0 Å². The standard InChI is InChI=1S/C46H79NO8/c1-3-5-7-9-11-12-13-14-15-16-17-18-19-20-21-22-23-24-25-26-27-28-30-32-34-36-42(50)47-39(40(49)35-33-31-29-10-8-6-4-2)38-54-46-45(53)44(52)43(51)41(37-48)55-46/h5,7,11-12,14-15,17-18,20-21,33,35,39-41,43-46,48-49,51-53H,3-4,6,8-10,13,16,19,22-32,34,36-38H2,1-2H3,(H,47,50)/b7-5-,12-11-,15-14-,18-17-,21-20-,35-33+. The van der Waals surface area contributed by atoms with Crippen LogP contribution in [0.1, 0.15) is 155 Å². The third-order valence-corrected chi connectivity index (χ3v) is 9.79. The molecule has 1 saturated heterocycles. The van der Waals surface area contributed by atoms with E-state index in [0.717, 1.165) is 83.5 Å². The Hall–Kier alpha value is -2.37. The van der Waals surface area contributed by atoms with Gasteiger partial charge in [0.25, 0.3) is 0 Å². The number of allylic oxidation sites excluding steroid dienone is 11. The maximum atomic E-state index is 12.9. The van der Waals surface area contributed by atoms with Crippen LogP contribution in [0.2, 0.25) is 0 Å². The summed E-state index contributed by atoms with van der Waals surface area (Å²) >= 11 is 0. The third kappa shape index (κ3) is 27.0. The first kappa shape index (κ1) is 50.6. The Morgan fingerprint density at radius 2 is 1.13 bits per heavy atom. The smallest absolute Gasteiger partial charge is 0.220 e. The van der Waals surface area contributed by atoms with Crippen LogP contribution in [0.25, 0.3) is 0 Å². The van der Waals surface area contributed by atoms with Crippen molar-refractivity contribution >= 4 is 5.91 Å². The lowest BCUT2D eigenvalue weighted by Crippen LogP contribution is -2.60. The van der Waals surface area contributed by atoms with Crippen LogP contribution in [0.3, 0.4) is 0 Å². The van der Waals surface area contributed by atoms with Crippen LogP contribution in [-0.2, 0) is 14.3 Å². The van der Waals surface area contributed by atoms with Crippen molar-refractivity contribution < 1.29 is 39.8 Å². The van der Waals surface area contributed by atoms with Gasteiger partial charge in [-0.2, -0.15) is 0 Å². The summed E-state index contributed by atoms with van der Waals surface area (Å²) in [5.41, 5.74) is 0. The predicted octanol–water partition coefficient (Wildman–Crippen LogP) is 8.61. The molecule has 6 N–H and O–H groups in total. The Kier molecular flexibility index (Phi) is 33.2. The number of hydrogen-bond donors (Lipinski definition) is 6. The topological polar surface area (TPSA) is 149 Å². The molecule has 1 heterocycles. The summed E-state index contributed by atoms with van der Waals surface area (Å²) in [5, 5.41) is 53.8. The minimum atomic E-state index is -1.57. The molecule has 0 saturated carbocycles. The van der Waals surface area contributed by atoms with Gasteiger partial charge in [-0.25, -0.2) is 0 Å². The van der Waals surface area contributed by atoms with Gasteiger partial charge in [0, 0.05) is 6.42 Å². The van der Waals surface area contributed by atoms with E-state index in [0.29, 0.717) is 6.42 Å². The fraction of sp³-hybridized carbons (Fsp3) is 0.717. The molecule has 1 fully saturated rings. The fourth-order valence-electron chi connectivity index (χ4n) is 6.30. The lowest BCUT2D eigenvalue weighted by molar-refractivity contribution is -0.302. The van der Waals surface area contributed by atoms with Gasteiger partial charge in [-0.3, -0.25) is 4.79 Å². The van der Waals surface area contributed by atoms with Gasteiger partial charge in [0.05, 0.1) is 25.4 Å². The van der Waals surface area contributed by atoms with Gasteiger partial charge < -0.3 is 40.3 Å². The zero-order valence-electron chi connectivity index (χ0n) is 34.4. The van der Waals surface area contributed by atoms with Gasteiger partial charge in [-0.1, -0.05) is 157 Å². The molecule has 316 valence electrons. The van der Waals surface area contributed by atoms with E-state index in [1.807, 2.05) is 6.08 Å². The molecule has 1 amide bonds. The Balaban J connectivity index is 2.24. The Morgan fingerprint density at radius 1 is 0.636 bits per heavy atom. The maximum Gasteiger partial charge on any atom is 0.220 e. The average Bonchev–Trinajstić information content (AvgIpc) is 3.18. The van der Waals surface area contributed by atoms with E-state index in [1.54, 1.807) is 6.08 Å². The molecule has 7 atom stereocenters. The highest BCUT2D eigenvalue weighted by Crippen LogP contribution is 2.22. The zero-order valence-corrected chi connectivity index (χ0v) is 34.4. The molecule has 1 rings (SSSR count). The number of aliphatic hydroxyl groups excluding tert-OH is 5. The fourth-order valence-corrected chi connectivity index (χ4v) is 6.30. The van der Waals surface area contributed by atoms with E-state index in [9.17, 15) is 30.3 Å². The van der Waals surface area contributed by atoms with Crippen LogP contribution < -0.4 is 5.32 Å². The van der Waals surface area contributed by atoms with Crippen LogP contribution >= 0.6 is 0 Å². The van der Waals surface area contributed by atoms with Crippen molar-refractivity contribution in [3.05, 3.63) is 72.9 Å². The van der Waals surface area contributed by atoms with Gasteiger partial charge in [0.15, 0.2) is 6.29 Å². The van der Waals surface area contributed by atoms with Crippen molar-refractivity contribution in [1.82, 2.24) is 5.32 Å². The first-order valence-corrected chi connectivity index (χ1v) is 21.7. The molecule has 9 heteroatoms. The second-order valence-electron chi connectivity index (χ2n) is 14.8. The number of unbranched alkanes of at least 4 members (excludes halogenated alkanes) is 14. The predicted molar refractivity (Wildman–Crippen MR) is 225 cm³/mol. The number of carbonyl (C=O) groups excluding carboxylic acids is 1. The molecule has 9 nitrogen and oxygen atoms in total. The maximum absolute atomic E-state index is 12.9. The average molecular weight is 774 g/mol. The van der Waals surface area contributed by atoms with E-state index < -0.39 is 49.5 Å². The summed E-state index contributed by atoms with van der Waals surface area (Å²) in [5.74, 6) is -0.193. The lowest BCUT2D eigenvalue weighted by atomic mass is 9.99. The molecule has 0 spiro atoms. The summed E-state index contributed by atoms with van der Waals surface area (Å²) in [4.78, 5) is 12.9. The highest BCUT2D eigenvalue weighted by Gasteiger charge is 2.44. The number of aliphatic hydroxyl groups is 5. The molecular formula is C46H79NO8. The minimum absolute atomic E-state index is 0.193. The summed E-state index contributed by atoms with van der Waals surface area (Å²) in [6.07, 6.45) is 41.1. The third-order valence-electron chi connectivity index (χ3n) is 9.79. The van der Waals surface area contributed by atoms with E-state index in [1.165, 1.54) is 51.4 Å². The van der Waals surface area contributed by atoms with Crippen molar-refractivity contribution in [2.75, 3.05) is 13.2 Å². The highest BCUT2D eigenvalue weighted by atomic mass is 16.7. The van der Waals surface area contributed by atoms with Gasteiger partial charge >= 0.3 is 0 Å². The van der Waals surface area contributed by atoms with Gasteiger partial charge in [-0.05, 0) is 64.2 Å². The molecule has 55 heavy (non-hydrogen) atoms. The van der Waals surface area contributed by atoms with E-state index in [4.69, 9.17) is 9.47 Å². The van der Waals surface area contributed by atoms with Gasteiger partial charge in [0.1, 0.15) is 24.4 Å². The van der Waals surface area contributed by atoms with E-state index in [2.05, 4.69) is 79.9 Å². The van der Waals surface area contributed by atoms with Gasteiger partial charge in [0.2, 0.25) is 5.91 Å². The Bertz CT molecular complexity index is 1080. The molecule has 1 aliphatic heterocycles. The van der Waals surface area contributed by atoms with E-state index >= 15 is 0 Å². The van der Waals surface area contributed by atoms with Crippen molar-refractivity contribution in [2.45, 2.75) is 198 Å². The van der Waals surface area contributed by atoms with Crippen molar-refractivity contribution in [1.29, 1.82) is 0 Å². The molecule has 0 aromatic carbocycles. The van der Waals surface area contributed by atoms with Crippen LogP contribution in [0.4, 0.5) is 0 Å². The summed E-state index contributed by atoms with van der Waals surface area (Å²) in [6.45, 7) is 3.57. The van der Waals surface area contributed by atoms with Crippen LogP contribution in [0.5, 0.6) is 0 Å². The van der Waals surface area contributed by atoms with Crippen LogP contribution in [0, 0.1) is 0 Å². The SMILES string of the molecule is CC/C=C\C/C=C\C/C=C\C/C=C\C/C=C\CCCCCCCCCCCC(=O)NC(COC1OC(CO)C(O)C(O)C1O)C(O)/C=C/CCCCCCC. The number of ether oxygens (including phenoxy) is 2. The molecule has 0 radical (unpaired) electrons. The van der Waals surface area contributed by atoms with Crippen LogP contribution in [0.15, 0.2) is 72.9 Å². The first-order chi connectivity index (χ1) is 26.8. The zero-order chi connectivity index (χ0) is 40.2. The Morgan fingerprint density at radius 3 is 1.67 bits per heavy atom. The first-order valence-electron chi connectivity index (χ1n) is 21.7. The molecule has 0 bridgehead atoms. The summed E-state index contributed by atoms with van der Waals surface area (Å²) < 4.78 is 11.1. The number of nitrogens with one attached hydrogen (secondary N) is 1. The molecule has 0 aromatic rings. The van der Waals surface area contributed by atoms with E-state index in [-0.39, 0.29) is 12.5 Å². The highest BCUT2D eigenvalue weighted by molar-refractivity contribution is 5.76. The molecule has 7 unspecified atom stereocenters. The monoisotopic (exact) mass is 774 g/mol. The molecule has 0 aliphatic carbocycles. The molecule has 0 aromatic heterocycles. The summed E-state index contributed by atoms with van der Waals surface area (Å²) in [6, 6.07) is -0.808. The number of rotatable bonds is 34. The molecule has 1 aliphatic rings. The van der Waals surface area contributed by atoms with Crippen molar-refractivity contribution in [3.8, 4) is 0 Å². The largest absolute Gasteiger partial charge is 0.394 e. The Labute approximate surface area is 334 Å². The second-order valence-corrected chi connectivity index (χ2v) is 14.8. The lowest BCUT2D eigenvalue weighted by Gasteiger charge is -2.40. The minimum Gasteiger partial charge on any atom is -0.394 e. The number of amides is 1. The number of hydrogen-bond acceptors (Lipinski definition) is 8. The number of carbonyl (C=O) groups is 1. The summed E-state index contributed by atoms with van der Waals surface area (Å²) in [7, 11) is 0. The van der Waals surface area contributed by atoms with Crippen LogP contribution in [-0.4, -0.2) is 87.5 Å². The van der Waals surface area contributed by atoms with Crippen molar-refractivity contribution in [2.24, 2.45) is 0 Å². The normalized spacial score (nSPS) is 22.1. The molecular weight excluding hydrogens is 695 g/mol. The van der Waals surface area contributed by atoms with Crippen molar-refractivity contribution in [3.63, 3.8) is 0 Å².